The minimum Gasteiger partial charge on any atom is -0.590 e. The Balaban J connectivity index is 1.74. The first-order valence-electron chi connectivity index (χ1n) is 11.0. The van der Waals surface area contributed by atoms with Gasteiger partial charge in [-0.15, -0.1) is 0 Å². The van der Waals surface area contributed by atoms with Crippen LogP contribution in [-0.4, -0.2) is 66.8 Å². The number of fused-ring (bicyclic) bond motifs is 3. The molecule has 0 amide bonds. The number of hydrogen-bond acceptors (Lipinski definition) is 5. The molecule has 0 aliphatic rings. The molecule has 0 aliphatic carbocycles. The first kappa shape index (κ1) is 22.8. The topological polar surface area (TPSA) is 48.0 Å². The summed E-state index contributed by atoms with van der Waals surface area (Å²) in [6.45, 7) is 15.7. The molecule has 3 aromatic rings. The van der Waals surface area contributed by atoms with E-state index < -0.39 is 10.8 Å². The van der Waals surface area contributed by atoms with Crippen LogP contribution in [0.2, 0.25) is 0 Å². The normalized spacial score (nSPS) is 11.8. The highest BCUT2D eigenvalue weighted by Gasteiger charge is 2.17. The summed E-state index contributed by atoms with van der Waals surface area (Å²) in [5, 5.41) is 2.04. The summed E-state index contributed by atoms with van der Waals surface area (Å²) in [5.41, 5.74) is 0. The molecule has 6 heteroatoms. The first-order chi connectivity index (χ1) is 14.6. The van der Waals surface area contributed by atoms with E-state index in [1.807, 2.05) is 36.4 Å². The fourth-order valence-electron chi connectivity index (χ4n) is 3.72. The highest BCUT2D eigenvalue weighted by atomic mass is 32.2. The second-order valence-electron chi connectivity index (χ2n) is 7.34. The number of benzene rings is 2. The number of hydrogen-bond donors (Lipinski definition) is 0. The lowest BCUT2D eigenvalue weighted by Crippen LogP contribution is -2.27. The second-order valence-corrected chi connectivity index (χ2v) is 8.75. The van der Waals surface area contributed by atoms with Gasteiger partial charge in [-0.05, 0) is 61.2 Å². The summed E-state index contributed by atoms with van der Waals surface area (Å²) in [6, 6.07) is 11.8. The van der Waals surface area contributed by atoms with Crippen LogP contribution in [0, 0.1) is 0 Å². The van der Waals surface area contributed by atoms with Gasteiger partial charge in [0.1, 0.15) is 24.7 Å². The zero-order chi connectivity index (χ0) is 21.5. The number of thiophene rings is 1. The monoisotopic (exact) mass is 430 g/mol. The third-order valence-electron chi connectivity index (χ3n) is 5.74. The van der Waals surface area contributed by atoms with Gasteiger partial charge in [-0.2, -0.15) is 0 Å². The molecule has 5 nitrogen and oxygen atoms in total. The van der Waals surface area contributed by atoms with Gasteiger partial charge in [-0.3, -0.25) is 0 Å². The first-order valence-corrected chi connectivity index (χ1v) is 12.2. The summed E-state index contributed by atoms with van der Waals surface area (Å²) < 4.78 is 26.6. The number of nitrogens with zero attached hydrogens (tertiary/aromatic N) is 2. The molecular formula is C24H34N2O3S. The molecule has 3 rings (SSSR count). The van der Waals surface area contributed by atoms with E-state index in [4.69, 9.17) is 9.47 Å². The molecule has 0 bridgehead atoms. The molecule has 30 heavy (non-hydrogen) atoms. The molecule has 1 heterocycles. The molecule has 0 radical (unpaired) electrons. The molecule has 0 N–H and O–H groups in total. The maximum atomic E-state index is 13.1. The molecule has 0 saturated carbocycles. The lowest BCUT2D eigenvalue weighted by Gasteiger charge is -2.17. The summed E-state index contributed by atoms with van der Waals surface area (Å²) in [5.74, 6) is 1.55. The van der Waals surface area contributed by atoms with Crippen LogP contribution in [0.4, 0.5) is 0 Å². The number of ether oxygens (including phenoxy) is 2. The molecule has 0 fully saturated rings. The van der Waals surface area contributed by atoms with Crippen LogP contribution >= 0.6 is 10.8 Å². The molecule has 0 aliphatic heterocycles. The SMILES string of the molecule is CCN(CC)CCOc1ccc2c3ccc(OCCN(CC)CC)cc3[s+]([O-])c2c1. The molecular weight excluding hydrogens is 396 g/mol. The van der Waals surface area contributed by atoms with Crippen molar-refractivity contribution in [1.29, 1.82) is 0 Å². The van der Waals surface area contributed by atoms with Crippen LogP contribution in [0.1, 0.15) is 27.7 Å². The molecule has 1 aromatic heterocycles. The van der Waals surface area contributed by atoms with E-state index in [1.165, 1.54) is 0 Å². The summed E-state index contributed by atoms with van der Waals surface area (Å²) in [7, 11) is -1.21. The van der Waals surface area contributed by atoms with Crippen LogP contribution in [-0.2, 0) is 0 Å². The minimum atomic E-state index is -1.21. The van der Waals surface area contributed by atoms with Gasteiger partial charge in [0.15, 0.2) is 9.40 Å². The Kier molecular flexibility index (Phi) is 8.33. The van der Waals surface area contributed by atoms with E-state index in [9.17, 15) is 4.55 Å². The quantitative estimate of drug-likeness (QED) is 0.371. The molecule has 0 saturated heterocycles. The smallest absolute Gasteiger partial charge is 0.184 e. The van der Waals surface area contributed by atoms with Crippen molar-refractivity contribution >= 4 is 30.9 Å². The molecule has 164 valence electrons. The Morgan fingerprint density at radius 1 is 0.700 bits per heavy atom. The molecule has 2 aromatic carbocycles. The number of likely N-dealkylation sites (N-methyl/N-ethyl adjacent to an activating group) is 2. The van der Waals surface area contributed by atoms with Crippen LogP contribution < -0.4 is 9.47 Å². The predicted octanol–water partition coefficient (Wildman–Crippen LogP) is 5.16. The van der Waals surface area contributed by atoms with Crippen LogP contribution in [0.5, 0.6) is 11.5 Å². The van der Waals surface area contributed by atoms with Crippen LogP contribution in [0.15, 0.2) is 36.4 Å². The summed E-state index contributed by atoms with van der Waals surface area (Å²) in [6.07, 6.45) is 0. The van der Waals surface area contributed by atoms with Crippen molar-refractivity contribution in [3.63, 3.8) is 0 Å². The van der Waals surface area contributed by atoms with Gasteiger partial charge in [0, 0.05) is 36.0 Å². The average Bonchev–Trinajstić information content (AvgIpc) is 3.05. The maximum absolute atomic E-state index is 13.1. The van der Waals surface area contributed by atoms with E-state index in [0.29, 0.717) is 13.2 Å². The van der Waals surface area contributed by atoms with E-state index >= 15 is 0 Å². The Hall–Kier alpha value is -1.86. The summed E-state index contributed by atoms with van der Waals surface area (Å²) >= 11 is 0. The highest BCUT2D eigenvalue weighted by molar-refractivity contribution is 7.37. The van der Waals surface area contributed by atoms with Gasteiger partial charge in [0.25, 0.3) is 0 Å². The molecule has 0 unspecified atom stereocenters. The van der Waals surface area contributed by atoms with Crippen molar-refractivity contribution in [3.05, 3.63) is 36.4 Å². The van der Waals surface area contributed by atoms with Gasteiger partial charge >= 0.3 is 0 Å². The van der Waals surface area contributed by atoms with Crippen molar-refractivity contribution in [2.24, 2.45) is 0 Å². The van der Waals surface area contributed by atoms with Crippen molar-refractivity contribution in [3.8, 4) is 11.5 Å². The van der Waals surface area contributed by atoms with Crippen molar-refractivity contribution in [2.75, 3.05) is 52.5 Å². The predicted molar refractivity (Wildman–Crippen MR) is 127 cm³/mol. The standard InChI is InChI=1S/C24H34N2O3S/c1-5-25(6-2)13-15-28-19-9-11-21-22-12-10-20(29-16-14-26(7-3)8-4)18-24(22)30(27)23(21)17-19/h9-12,17-18H,5-8,13-16H2,1-4H3. The molecule has 0 atom stereocenters. The van der Waals surface area contributed by atoms with Gasteiger partial charge in [0.05, 0.1) is 0 Å². The fourth-order valence-corrected chi connectivity index (χ4v) is 5.16. The van der Waals surface area contributed by atoms with E-state index in [-0.39, 0.29) is 0 Å². The zero-order valence-corrected chi connectivity index (χ0v) is 19.5. The van der Waals surface area contributed by atoms with Gasteiger partial charge < -0.3 is 23.8 Å². The minimum absolute atomic E-state index is 0.630. The third kappa shape index (κ3) is 5.24. The highest BCUT2D eigenvalue weighted by Crippen LogP contribution is 2.43. The lowest BCUT2D eigenvalue weighted by atomic mass is 10.1. The van der Waals surface area contributed by atoms with E-state index in [0.717, 1.165) is 70.9 Å². The van der Waals surface area contributed by atoms with Gasteiger partial charge in [-0.1, -0.05) is 27.7 Å². The second kappa shape index (κ2) is 11.0. The summed E-state index contributed by atoms with van der Waals surface area (Å²) in [4.78, 5) is 4.65. The van der Waals surface area contributed by atoms with Crippen molar-refractivity contribution in [1.82, 2.24) is 9.80 Å². The Morgan fingerprint density at radius 2 is 1.10 bits per heavy atom. The zero-order valence-electron chi connectivity index (χ0n) is 18.6. The fraction of sp³-hybridized carbons (Fsp3) is 0.500. The Labute approximate surface area is 183 Å². The van der Waals surface area contributed by atoms with Crippen molar-refractivity contribution < 1.29 is 14.0 Å². The Bertz CT molecular complexity index is 873. The Morgan fingerprint density at radius 3 is 1.47 bits per heavy atom. The van der Waals surface area contributed by atoms with Crippen LogP contribution in [0.3, 0.4) is 0 Å². The van der Waals surface area contributed by atoms with Crippen molar-refractivity contribution in [2.45, 2.75) is 27.7 Å². The largest absolute Gasteiger partial charge is 0.590 e. The van der Waals surface area contributed by atoms with Crippen LogP contribution in [0.25, 0.3) is 20.2 Å². The van der Waals surface area contributed by atoms with Gasteiger partial charge in [0.2, 0.25) is 0 Å². The maximum Gasteiger partial charge on any atom is 0.184 e. The van der Waals surface area contributed by atoms with Gasteiger partial charge in [-0.25, -0.2) is 0 Å². The average molecular weight is 431 g/mol. The lowest BCUT2D eigenvalue weighted by molar-refractivity contribution is 0.223. The number of rotatable bonds is 12. The van der Waals surface area contributed by atoms with E-state index in [1.54, 1.807) is 0 Å². The van der Waals surface area contributed by atoms with E-state index in [2.05, 4.69) is 37.5 Å². The molecule has 0 spiro atoms. The third-order valence-corrected chi connectivity index (χ3v) is 7.21.